The molecule has 0 amide bonds. The summed E-state index contributed by atoms with van der Waals surface area (Å²) in [4.78, 5) is 7.73. The van der Waals surface area contributed by atoms with Crippen LogP contribution >= 0.6 is 0 Å². The maximum Gasteiger partial charge on any atom is 0.218 e. The zero-order valence-corrected chi connectivity index (χ0v) is 12.3. The van der Waals surface area contributed by atoms with Gasteiger partial charge in [-0.25, -0.2) is 13.4 Å². The maximum atomic E-state index is 13.9. The number of nitrogens with two attached hydrogens (primary N) is 2. The fourth-order valence-electron chi connectivity index (χ4n) is 2.12. The molecule has 20 heavy (non-hydrogen) atoms. The monoisotopic (exact) mass is 300 g/mol. The third-order valence-electron chi connectivity index (χ3n) is 3.67. The number of aromatic nitrogens is 1. The summed E-state index contributed by atoms with van der Waals surface area (Å²) < 4.78 is 37.4. The van der Waals surface area contributed by atoms with E-state index in [2.05, 4.69) is 9.98 Å². The van der Waals surface area contributed by atoms with Crippen LogP contribution in [0.15, 0.2) is 17.3 Å². The van der Waals surface area contributed by atoms with Gasteiger partial charge in [-0.2, -0.15) is 4.39 Å². The first-order chi connectivity index (χ1) is 8.99. The molecule has 1 aromatic heterocycles. The number of anilines is 1. The lowest BCUT2D eigenvalue weighted by Crippen LogP contribution is -2.55. The van der Waals surface area contributed by atoms with Gasteiger partial charge in [0.1, 0.15) is 16.1 Å². The third-order valence-corrected chi connectivity index (χ3v) is 6.38. The Hall–Kier alpha value is -1.70. The normalized spacial score (nSPS) is 27.9. The maximum absolute atomic E-state index is 13.9. The second-order valence-electron chi connectivity index (χ2n) is 5.65. The van der Waals surface area contributed by atoms with Crippen LogP contribution in [0.25, 0.3) is 0 Å². The van der Waals surface area contributed by atoms with Crippen LogP contribution in [-0.4, -0.2) is 29.7 Å². The van der Waals surface area contributed by atoms with Crippen molar-refractivity contribution in [3.05, 3.63) is 23.8 Å². The molecule has 0 saturated heterocycles. The van der Waals surface area contributed by atoms with E-state index >= 15 is 0 Å². The first kappa shape index (κ1) is 14.7. The SMILES string of the molecule is CC1(C)C(N)=N[C@](C)(c2cc(N)cnc2F)CS1(=O)=O. The highest BCUT2D eigenvalue weighted by molar-refractivity contribution is 7.93. The fraction of sp³-hybridized carbons (Fsp3) is 0.500. The lowest BCUT2D eigenvalue weighted by Gasteiger charge is -2.37. The number of hydrogen-bond acceptors (Lipinski definition) is 6. The van der Waals surface area contributed by atoms with Crippen molar-refractivity contribution in [2.24, 2.45) is 10.7 Å². The number of amidine groups is 1. The number of aliphatic imine (C=N–C) groups is 1. The summed E-state index contributed by atoms with van der Waals surface area (Å²) in [6, 6.07) is 1.34. The summed E-state index contributed by atoms with van der Waals surface area (Å²) in [6.45, 7) is 4.47. The molecular weight excluding hydrogens is 283 g/mol. The van der Waals surface area contributed by atoms with Crippen LogP contribution < -0.4 is 11.5 Å². The third kappa shape index (κ3) is 2.04. The van der Waals surface area contributed by atoms with Gasteiger partial charge in [0, 0.05) is 5.56 Å². The van der Waals surface area contributed by atoms with E-state index in [4.69, 9.17) is 11.5 Å². The Balaban J connectivity index is 2.69. The molecule has 0 unspecified atom stereocenters. The number of halogens is 1. The van der Waals surface area contributed by atoms with E-state index in [1.807, 2.05) is 0 Å². The van der Waals surface area contributed by atoms with Gasteiger partial charge in [-0.15, -0.1) is 0 Å². The van der Waals surface area contributed by atoms with Crippen molar-refractivity contribution < 1.29 is 12.8 Å². The zero-order valence-electron chi connectivity index (χ0n) is 11.5. The summed E-state index contributed by atoms with van der Waals surface area (Å²) >= 11 is 0. The van der Waals surface area contributed by atoms with Gasteiger partial charge in [-0.3, -0.25) is 4.99 Å². The lowest BCUT2D eigenvalue weighted by atomic mass is 9.94. The minimum Gasteiger partial charge on any atom is -0.397 e. The molecule has 8 heteroatoms. The van der Waals surface area contributed by atoms with Crippen molar-refractivity contribution in [2.45, 2.75) is 31.1 Å². The van der Waals surface area contributed by atoms with Crippen LogP contribution in [-0.2, 0) is 15.4 Å². The zero-order chi connectivity index (χ0) is 15.3. The largest absolute Gasteiger partial charge is 0.397 e. The molecule has 0 aliphatic carbocycles. The van der Waals surface area contributed by atoms with E-state index < -0.39 is 26.1 Å². The Bertz CT molecular complexity index is 699. The van der Waals surface area contributed by atoms with Crippen molar-refractivity contribution in [1.29, 1.82) is 0 Å². The van der Waals surface area contributed by atoms with Crippen LogP contribution in [0.5, 0.6) is 0 Å². The topological polar surface area (TPSA) is 111 Å². The van der Waals surface area contributed by atoms with E-state index in [-0.39, 0.29) is 22.8 Å². The quantitative estimate of drug-likeness (QED) is 0.737. The highest BCUT2D eigenvalue weighted by atomic mass is 32.2. The Morgan fingerprint density at radius 2 is 1.90 bits per heavy atom. The standard InChI is InChI=1S/C12H17FN4O2S/c1-11(2)10(15)17-12(3,6-20(11,18)19)8-4-7(14)5-16-9(8)13/h4-5H,6,14H2,1-3H3,(H2,15,17)/t12-/m0/s1. The van der Waals surface area contributed by atoms with E-state index in [9.17, 15) is 12.8 Å². The molecule has 6 nitrogen and oxygen atoms in total. The van der Waals surface area contributed by atoms with Gasteiger partial charge >= 0.3 is 0 Å². The molecule has 0 radical (unpaired) electrons. The fourth-order valence-corrected chi connectivity index (χ4v) is 3.81. The van der Waals surface area contributed by atoms with Crippen LogP contribution in [0.1, 0.15) is 26.3 Å². The van der Waals surface area contributed by atoms with Gasteiger partial charge in [0.2, 0.25) is 5.95 Å². The van der Waals surface area contributed by atoms with Crippen LogP contribution in [0.4, 0.5) is 10.1 Å². The van der Waals surface area contributed by atoms with Crippen LogP contribution in [0.3, 0.4) is 0 Å². The van der Waals surface area contributed by atoms with Crippen molar-refractivity contribution in [1.82, 2.24) is 4.98 Å². The smallest absolute Gasteiger partial charge is 0.218 e. The van der Waals surface area contributed by atoms with E-state index in [0.29, 0.717) is 0 Å². The molecule has 0 saturated carbocycles. The summed E-state index contributed by atoms with van der Waals surface area (Å²) in [5.74, 6) is -1.20. The number of pyridine rings is 1. The van der Waals surface area contributed by atoms with Crippen molar-refractivity contribution >= 4 is 21.4 Å². The molecule has 110 valence electrons. The molecule has 1 aromatic rings. The predicted octanol–water partition coefficient (Wildman–Crippen LogP) is 0.582. The van der Waals surface area contributed by atoms with Crippen LogP contribution in [0.2, 0.25) is 0 Å². The van der Waals surface area contributed by atoms with Crippen molar-refractivity contribution in [3.63, 3.8) is 0 Å². The molecule has 2 rings (SSSR count). The predicted molar refractivity (Wildman–Crippen MR) is 75.4 cm³/mol. The average Bonchev–Trinajstić information content (AvgIpc) is 2.29. The van der Waals surface area contributed by atoms with Gasteiger partial charge in [0.25, 0.3) is 0 Å². The first-order valence-corrected chi connectivity index (χ1v) is 7.64. The highest BCUT2D eigenvalue weighted by Crippen LogP contribution is 2.37. The Morgan fingerprint density at radius 3 is 2.45 bits per heavy atom. The molecule has 1 aliphatic heterocycles. The number of nitrogens with zero attached hydrogens (tertiary/aromatic N) is 2. The van der Waals surface area contributed by atoms with Gasteiger partial charge in [-0.05, 0) is 26.8 Å². The van der Waals surface area contributed by atoms with Gasteiger partial charge in [0.05, 0.1) is 17.6 Å². The Morgan fingerprint density at radius 1 is 1.30 bits per heavy atom. The average molecular weight is 300 g/mol. The molecule has 2 heterocycles. The van der Waals surface area contributed by atoms with E-state index in [1.54, 1.807) is 0 Å². The first-order valence-electron chi connectivity index (χ1n) is 5.99. The molecule has 0 spiro atoms. The van der Waals surface area contributed by atoms with Gasteiger partial charge in [0.15, 0.2) is 9.84 Å². The van der Waals surface area contributed by atoms with Crippen LogP contribution in [0, 0.1) is 5.95 Å². The minimum absolute atomic E-state index is 0.0273. The summed E-state index contributed by atoms with van der Waals surface area (Å²) in [7, 11) is -3.59. The molecule has 0 fully saturated rings. The minimum atomic E-state index is -3.59. The molecule has 1 aliphatic rings. The van der Waals surface area contributed by atoms with Crippen molar-refractivity contribution in [3.8, 4) is 0 Å². The second kappa shape index (κ2) is 4.15. The molecular formula is C12H17FN4O2S. The summed E-state index contributed by atoms with van der Waals surface area (Å²) in [5.41, 5.74) is 10.3. The highest BCUT2D eigenvalue weighted by Gasteiger charge is 2.49. The molecule has 0 bridgehead atoms. The number of rotatable bonds is 1. The molecule has 0 aromatic carbocycles. The lowest BCUT2D eigenvalue weighted by molar-refractivity contribution is 0.464. The van der Waals surface area contributed by atoms with E-state index in [1.165, 1.54) is 26.8 Å². The second-order valence-corrected chi connectivity index (χ2v) is 8.19. The van der Waals surface area contributed by atoms with Gasteiger partial charge in [-0.1, -0.05) is 0 Å². The Labute approximate surface area is 117 Å². The number of hydrogen-bond donors (Lipinski definition) is 2. The summed E-state index contributed by atoms with van der Waals surface area (Å²) in [5, 5.41) is 0. The van der Waals surface area contributed by atoms with Crippen molar-refractivity contribution in [2.75, 3.05) is 11.5 Å². The number of nitrogen functional groups attached to an aromatic ring is 1. The molecule has 1 atom stereocenters. The van der Waals surface area contributed by atoms with Gasteiger partial charge < -0.3 is 11.5 Å². The Kier molecular flexibility index (Phi) is 3.05. The van der Waals surface area contributed by atoms with E-state index in [0.717, 1.165) is 6.20 Å². The number of sulfone groups is 1. The molecule has 4 N–H and O–H groups in total. The summed E-state index contributed by atoms with van der Waals surface area (Å²) in [6.07, 6.45) is 1.16.